The van der Waals surface area contributed by atoms with Crippen molar-refractivity contribution in [3.05, 3.63) is 23.7 Å². The zero-order valence-corrected chi connectivity index (χ0v) is 15.1. The van der Waals surface area contributed by atoms with Gasteiger partial charge in [0.15, 0.2) is 5.13 Å². The average Bonchev–Trinajstić information content (AvgIpc) is 3.20. The van der Waals surface area contributed by atoms with Gasteiger partial charge in [-0.1, -0.05) is 0 Å². The molecule has 1 amide bonds. The fourth-order valence-electron chi connectivity index (χ4n) is 3.25. The Morgan fingerprint density at radius 3 is 3.08 bits per heavy atom. The Hall–Kier alpha value is -1.80. The summed E-state index contributed by atoms with van der Waals surface area (Å²) in [5.41, 5.74) is 1.05. The highest BCUT2D eigenvalue weighted by Gasteiger charge is 2.22. The molecule has 24 heavy (non-hydrogen) atoms. The second kappa shape index (κ2) is 7.85. The van der Waals surface area contributed by atoms with E-state index in [1.54, 1.807) is 35.8 Å². The summed E-state index contributed by atoms with van der Waals surface area (Å²) in [7, 11) is 0. The molecule has 8 heteroatoms. The van der Waals surface area contributed by atoms with Crippen molar-refractivity contribution in [2.24, 2.45) is 5.92 Å². The maximum absolute atomic E-state index is 11.6. The molecule has 3 rings (SSSR count). The molecule has 2 aromatic heterocycles. The van der Waals surface area contributed by atoms with Gasteiger partial charge in [-0.2, -0.15) is 5.10 Å². The van der Waals surface area contributed by atoms with Gasteiger partial charge < -0.3 is 0 Å². The fraction of sp³-hybridized carbons (Fsp3) is 0.625. The number of nitrogens with zero attached hydrogens (tertiary/aromatic N) is 6. The van der Waals surface area contributed by atoms with Gasteiger partial charge in [-0.3, -0.25) is 19.3 Å². The topological polar surface area (TPSA) is 67.2 Å². The van der Waals surface area contributed by atoms with Gasteiger partial charge in [0.1, 0.15) is 12.7 Å². The number of thiazole rings is 1. The molecule has 0 unspecified atom stereocenters. The molecule has 3 heterocycles. The Kier molecular flexibility index (Phi) is 5.57. The van der Waals surface area contributed by atoms with Crippen LogP contribution in [0.5, 0.6) is 0 Å². The van der Waals surface area contributed by atoms with Gasteiger partial charge in [0.2, 0.25) is 5.91 Å². The summed E-state index contributed by atoms with van der Waals surface area (Å²) in [5.74, 6) is 0.646. The van der Waals surface area contributed by atoms with Crippen molar-refractivity contribution in [3.8, 4) is 0 Å². The van der Waals surface area contributed by atoms with Crippen molar-refractivity contribution in [1.82, 2.24) is 24.6 Å². The number of carbonyl (C=O) groups is 1. The number of aromatic nitrogens is 4. The molecule has 1 atom stereocenters. The minimum absolute atomic E-state index is 0.0456. The van der Waals surface area contributed by atoms with Gasteiger partial charge in [0.05, 0.1) is 5.69 Å². The minimum atomic E-state index is 0.0456. The van der Waals surface area contributed by atoms with Crippen LogP contribution in [-0.4, -0.2) is 50.2 Å². The molecule has 0 saturated carbocycles. The van der Waals surface area contributed by atoms with Gasteiger partial charge in [-0.25, -0.2) is 9.97 Å². The molecule has 0 radical (unpaired) electrons. The van der Waals surface area contributed by atoms with Gasteiger partial charge in [0.25, 0.3) is 0 Å². The highest BCUT2D eigenvalue weighted by molar-refractivity contribution is 7.14. The lowest BCUT2D eigenvalue weighted by molar-refractivity contribution is -0.116. The third-order valence-corrected chi connectivity index (χ3v) is 5.28. The molecule has 0 bridgehead atoms. The van der Waals surface area contributed by atoms with Gasteiger partial charge in [-0.15, -0.1) is 11.3 Å². The second-order valence-electron chi connectivity index (χ2n) is 6.25. The molecule has 1 saturated heterocycles. The Labute approximate surface area is 146 Å². The highest BCUT2D eigenvalue weighted by atomic mass is 32.1. The molecule has 1 aliphatic heterocycles. The van der Waals surface area contributed by atoms with E-state index in [4.69, 9.17) is 0 Å². The van der Waals surface area contributed by atoms with Crippen LogP contribution in [0.25, 0.3) is 0 Å². The third-order valence-electron chi connectivity index (χ3n) is 4.37. The molecule has 0 aromatic carbocycles. The predicted octanol–water partition coefficient (Wildman–Crippen LogP) is 2.02. The molecule has 2 aromatic rings. The Balaban J connectivity index is 1.57. The van der Waals surface area contributed by atoms with E-state index in [1.807, 2.05) is 11.6 Å². The zero-order chi connectivity index (χ0) is 16.9. The molecule has 0 aliphatic carbocycles. The first-order valence-corrected chi connectivity index (χ1v) is 9.31. The summed E-state index contributed by atoms with van der Waals surface area (Å²) < 4.78 is 1.92. The summed E-state index contributed by atoms with van der Waals surface area (Å²) in [4.78, 5) is 24.5. The predicted molar refractivity (Wildman–Crippen MR) is 93.8 cm³/mol. The van der Waals surface area contributed by atoms with Crippen LogP contribution in [0.15, 0.2) is 18.0 Å². The zero-order valence-electron chi connectivity index (χ0n) is 14.3. The first kappa shape index (κ1) is 17.0. The molecular weight excluding hydrogens is 324 g/mol. The van der Waals surface area contributed by atoms with Crippen molar-refractivity contribution in [2.75, 3.05) is 24.5 Å². The van der Waals surface area contributed by atoms with E-state index < -0.39 is 0 Å². The highest BCUT2D eigenvalue weighted by Crippen LogP contribution is 2.24. The van der Waals surface area contributed by atoms with E-state index in [1.165, 1.54) is 12.8 Å². The van der Waals surface area contributed by atoms with Crippen LogP contribution >= 0.6 is 11.3 Å². The number of likely N-dealkylation sites (tertiary alicyclic amines) is 1. The molecule has 7 nitrogen and oxygen atoms in total. The Bertz CT molecular complexity index is 655. The molecule has 0 spiro atoms. The van der Waals surface area contributed by atoms with E-state index in [2.05, 4.69) is 25.3 Å². The largest absolute Gasteiger partial charge is 0.297 e. The average molecular weight is 348 g/mol. The quantitative estimate of drug-likeness (QED) is 0.799. The first-order chi connectivity index (χ1) is 11.7. The summed E-state index contributed by atoms with van der Waals surface area (Å²) in [6.45, 7) is 8.15. The van der Waals surface area contributed by atoms with Gasteiger partial charge in [0, 0.05) is 38.5 Å². The van der Waals surface area contributed by atoms with Crippen LogP contribution in [0.3, 0.4) is 0 Å². The molecular formula is C16H24N6OS. The molecule has 0 N–H and O–H groups in total. The maximum atomic E-state index is 11.6. The lowest BCUT2D eigenvalue weighted by atomic mass is 9.98. The van der Waals surface area contributed by atoms with E-state index in [0.717, 1.165) is 37.0 Å². The normalized spacial score (nSPS) is 18.7. The number of amides is 1. The maximum Gasteiger partial charge on any atom is 0.225 e. The van der Waals surface area contributed by atoms with Crippen molar-refractivity contribution in [2.45, 2.75) is 39.8 Å². The third kappa shape index (κ3) is 4.18. The van der Waals surface area contributed by atoms with Crippen LogP contribution in [0.1, 0.15) is 32.4 Å². The van der Waals surface area contributed by atoms with E-state index >= 15 is 0 Å². The SMILES string of the molecule is CCN(C(C)=O)c1nc(CN2CCC[C@H](Cn3cncn3)C2)cs1. The van der Waals surface area contributed by atoms with Crippen LogP contribution in [0, 0.1) is 5.92 Å². The second-order valence-corrected chi connectivity index (χ2v) is 7.08. The van der Waals surface area contributed by atoms with Crippen LogP contribution < -0.4 is 4.90 Å². The van der Waals surface area contributed by atoms with E-state index in [-0.39, 0.29) is 5.91 Å². The summed E-state index contributed by atoms with van der Waals surface area (Å²) >= 11 is 1.55. The van der Waals surface area contributed by atoms with Crippen molar-refractivity contribution in [1.29, 1.82) is 0 Å². The summed E-state index contributed by atoms with van der Waals surface area (Å²) in [6, 6.07) is 0. The van der Waals surface area contributed by atoms with Gasteiger partial charge in [-0.05, 0) is 32.2 Å². The summed E-state index contributed by atoms with van der Waals surface area (Å²) in [6.07, 6.45) is 5.80. The van der Waals surface area contributed by atoms with Crippen molar-refractivity contribution >= 4 is 22.4 Å². The smallest absolute Gasteiger partial charge is 0.225 e. The lowest BCUT2D eigenvalue weighted by Crippen LogP contribution is -2.36. The lowest BCUT2D eigenvalue weighted by Gasteiger charge is -2.32. The standard InChI is InChI=1S/C16H24N6OS/c1-3-22(13(2)23)16-19-15(10-24-16)9-20-6-4-5-14(7-20)8-21-12-17-11-18-21/h10-12,14H,3-9H2,1-2H3/t14-/m0/s1. The number of hydrogen-bond acceptors (Lipinski definition) is 6. The number of carbonyl (C=O) groups excluding carboxylic acids is 1. The number of rotatable bonds is 6. The van der Waals surface area contributed by atoms with E-state index in [0.29, 0.717) is 12.5 Å². The molecule has 130 valence electrons. The number of hydrogen-bond donors (Lipinski definition) is 0. The van der Waals surface area contributed by atoms with Crippen molar-refractivity contribution < 1.29 is 4.79 Å². The number of piperidine rings is 1. The Morgan fingerprint density at radius 2 is 2.38 bits per heavy atom. The van der Waals surface area contributed by atoms with Gasteiger partial charge >= 0.3 is 0 Å². The van der Waals surface area contributed by atoms with Crippen molar-refractivity contribution in [3.63, 3.8) is 0 Å². The first-order valence-electron chi connectivity index (χ1n) is 8.43. The van der Waals surface area contributed by atoms with Crippen LogP contribution in [-0.2, 0) is 17.9 Å². The number of anilines is 1. The van der Waals surface area contributed by atoms with E-state index in [9.17, 15) is 4.79 Å². The summed E-state index contributed by atoms with van der Waals surface area (Å²) in [5, 5.41) is 7.08. The van der Waals surface area contributed by atoms with Crippen LogP contribution in [0.4, 0.5) is 5.13 Å². The monoisotopic (exact) mass is 348 g/mol. The Morgan fingerprint density at radius 1 is 1.50 bits per heavy atom. The fourth-order valence-corrected chi connectivity index (χ4v) is 4.17. The minimum Gasteiger partial charge on any atom is -0.297 e. The van der Waals surface area contributed by atoms with Crippen LogP contribution in [0.2, 0.25) is 0 Å². The molecule has 1 fully saturated rings. The molecule has 1 aliphatic rings.